The maximum Gasteiger partial charge on any atom is 0.269 e. The Morgan fingerprint density at radius 3 is 2.48 bits per heavy atom. The largest absolute Gasteiger partial charge is 0.488 e. The monoisotopic (exact) mass is 359 g/mol. The predicted octanol–water partition coefficient (Wildman–Crippen LogP) is 4.90. The first-order valence-corrected chi connectivity index (χ1v) is 8.25. The molecular weight excluding hydrogens is 342 g/mol. The average molecular weight is 359 g/mol. The molecule has 27 heavy (non-hydrogen) atoms. The molecule has 0 unspecified atom stereocenters. The van der Waals surface area contributed by atoms with Crippen LogP contribution < -0.4 is 4.74 Å². The van der Waals surface area contributed by atoms with E-state index in [9.17, 15) is 14.9 Å². The van der Waals surface area contributed by atoms with E-state index in [0.717, 1.165) is 34.1 Å². The molecule has 134 valence electrons. The van der Waals surface area contributed by atoms with Gasteiger partial charge in [-0.25, -0.2) is 0 Å². The topological polar surface area (TPSA) is 69.4 Å². The molecule has 1 heterocycles. The number of benzene rings is 2. The molecule has 0 radical (unpaired) electrons. The number of rotatable bonds is 6. The maximum atomic E-state index is 11.1. The van der Waals surface area contributed by atoms with Crippen molar-refractivity contribution < 1.29 is 14.5 Å². The summed E-state index contributed by atoms with van der Waals surface area (Å²) in [6.45, 7) is 7.88. The normalized spacial score (nSPS) is 13.4. The van der Waals surface area contributed by atoms with Gasteiger partial charge in [0.2, 0.25) is 0 Å². The number of carbonyl (C=O) groups excluding carboxylic acids is 1. The van der Waals surface area contributed by atoms with E-state index in [-0.39, 0.29) is 12.3 Å². The predicted molar refractivity (Wildman–Crippen MR) is 105 cm³/mol. The van der Waals surface area contributed by atoms with E-state index < -0.39 is 4.92 Å². The van der Waals surface area contributed by atoms with E-state index in [1.807, 2.05) is 12.1 Å². The number of allylic oxidation sites excluding steroid dienone is 3. The van der Waals surface area contributed by atoms with Gasteiger partial charge in [0.1, 0.15) is 18.6 Å². The van der Waals surface area contributed by atoms with Crippen molar-refractivity contribution in [1.82, 2.24) is 0 Å². The Morgan fingerprint density at radius 1 is 1.15 bits per heavy atom. The molecule has 0 fully saturated rings. The Kier molecular flexibility index (Phi) is 5.13. The molecule has 1 aliphatic rings. The third-order valence-corrected chi connectivity index (χ3v) is 4.32. The number of ether oxygens (including phenoxy) is 1. The highest BCUT2D eigenvalue weighted by Crippen LogP contribution is 2.40. The second kappa shape index (κ2) is 7.66. The highest BCUT2D eigenvalue weighted by atomic mass is 16.6. The van der Waals surface area contributed by atoms with Gasteiger partial charge >= 0.3 is 0 Å². The van der Waals surface area contributed by atoms with Crippen LogP contribution in [0.2, 0.25) is 0 Å². The molecule has 0 saturated carbocycles. The van der Waals surface area contributed by atoms with E-state index in [1.165, 1.54) is 12.1 Å². The number of aldehydes is 1. The summed E-state index contributed by atoms with van der Waals surface area (Å²) in [6, 6.07) is 11.6. The zero-order chi connectivity index (χ0) is 19.4. The summed E-state index contributed by atoms with van der Waals surface area (Å²) in [5.41, 5.74) is 4.80. The molecule has 5 nitrogen and oxygen atoms in total. The third-order valence-electron chi connectivity index (χ3n) is 4.32. The van der Waals surface area contributed by atoms with Gasteiger partial charge < -0.3 is 4.74 Å². The third kappa shape index (κ3) is 3.48. The van der Waals surface area contributed by atoms with E-state index in [0.29, 0.717) is 11.3 Å². The first-order chi connectivity index (χ1) is 13.1. The second-order valence-corrected chi connectivity index (χ2v) is 5.88. The van der Waals surface area contributed by atoms with Crippen LogP contribution in [0, 0.1) is 10.1 Å². The van der Waals surface area contributed by atoms with Crippen molar-refractivity contribution in [3.05, 3.63) is 112 Å². The lowest BCUT2D eigenvalue weighted by Gasteiger charge is -2.25. The number of non-ortho nitro benzene ring substituents is 1. The molecule has 0 atom stereocenters. The fourth-order valence-electron chi connectivity index (χ4n) is 3.05. The summed E-state index contributed by atoms with van der Waals surface area (Å²) in [6.07, 6.45) is 5.99. The van der Waals surface area contributed by atoms with Gasteiger partial charge in [0.25, 0.3) is 5.69 Å². The Morgan fingerprint density at radius 2 is 1.89 bits per heavy atom. The van der Waals surface area contributed by atoms with Gasteiger partial charge in [0, 0.05) is 28.8 Å². The minimum Gasteiger partial charge on any atom is -0.488 e. The molecule has 0 bridgehead atoms. The molecule has 0 aromatic heterocycles. The smallest absolute Gasteiger partial charge is 0.269 e. The molecule has 0 N–H and O–H groups in total. The number of nitrogens with zero attached hydrogens (tertiary/aromatic N) is 1. The maximum absolute atomic E-state index is 11.1. The zero-order valence-corrected chi connectivity index (χ0v) is 14.6. The van der Waals surface area contributed by atoms with Gasteiger partial charge in [-0.3, -0.25) is 14.9 Å². The summed E-state index contributed by atoms with van der Waals surface area (Å²) in [5.74, 6) is 0.596. The molecule has 0 aliphatic carbocycles. The van der Waals surface area contributed by atoms with Gasteiger partial charge in [-0.15, -0.1) is 0 Å². The number of carbonyl (C=O) groups is 1. The molecule has 1 aliphatic heterocycles. The SMILES string of the molecule is C=C/C=C(\C=C)C1=C(c2ccc([N+](=O)[O-])cc2)c2ccc(C=O)cc2OC1. The van der Waals surface area contributed by atoms with Crippen LogP contribution in [0.3, 0.4) is 0 Å². The van der Waals surface area contributed by atoms with Crippen molar-refractivity contribution in [3.63, 3.8) is 0 Å². The fourth-order valence-corrected chi connectivity index (χ4v) is 3.05. The van der Waals surface area contributed by atoms with E-state index >= 15 is 0 Å². The Labute approximate surface area is 156 Å². The van der Waals surface area contributed by atoms with Crippen molar-refractivity contribution in [3.8, 4) is 5.75 Å². The highest BCUT2D eigenvalue weighted by Gasteiger charge is 2.23. The second-order valence-electron chi connectivity index (χ2n) is 5.88. The molecule has 0 spiro atoms. The van der Waals surface area contributed by atoms with Gasteiger partial charge in [-0.1, -0.05) is 37.5 Å². The summed E-state index contributed by atoms with van der Waals surface area (Å²) in [5, 5.41) is 11.0. The van der Waals surface area contributed by atoms with E-state index in [4.69, 9.17) is 4.74 Å². The van der Waals surface area contributed by atoms with Crippen molar-refractivity contribution in [2.24, 2.45) is 0 Å². The Hall–Kier alpha value is -3.73. The van der Waals surface area contributed by atoms with Crippen LogP contribution in [0.15, 0.2) is 85.0 Å². The van der Waals surface area contributed by atoms with Crippen LogP contribution in [-0.2, 0) is 0 Å². The van der Waals surface area contributed by atoms with Crippen molar-refractivity contribution >= 4 is 17.5 Å². The summed E-state index contributed by atoms with van der Waals surface area (Å²) >= 11 is 0. The fraction of sp³-hybridized carbons (Fsp3) is 0.0455. The van der Waals surface area contributed by atoms with Crippen LogP contribution >= 0.6 is 0 Å². The number of hydrogen-bond acceptors (Lipinski definition) is 4. The van der Waals surface area contributed by atoms with Crippen molar-refractivity contribution in [1.29, 1.82) is 0 Å². The number of nitro benzene ring substituents is 1. The van der Waals surface area contributed by atoms with Crippen LogP contribution in [0.4, 0.5) is 5.69 Å². The number of nitro groups is 1. The molecule has 5 heteroatoms. The lowest BCUT2D eigenvalue weighted by atomic mass is 9.87. The van der Waals surface area contributed by atoms with Gasteiger partial charge in [-0.05, 0) is 41.0 Å². The standard InChI is InChI=1S/C22H17NO4/c1-3-5-16(4-2)20-14-27-21-12-15(13-24)6-11-19(21)22(20)17-7-9-18(10-8-17)23(25)26/h3-13H,1-2,14H2/b16-5+. The first kappa shape index (κ1) is 18.1. The van der Waals surface area contributed by atoms with Gasteiger partial charge in [0.05, 0.1) is 4.92 Å². The molecule has 0 amide bonds. The zero-order valence-electron chi connectivity index (χ0n) is 14.6. The lowest BCUT2D eigenvalue weighted by Crippen LogP contribution is -2.14. The summed E-state index contributed by atoms with van der Waals surface area (Å²) in [7, 11) is 0. The quantitative estimate of drug-likeness (QED) is 0.318. The Bertz CT molecular complexity index is 997. The molecular formula is C22H17NO4. The van der Waals surface area contributed by atoms with Crippen LogP contribution in [0.1, 0.15) is 21.5 Å². The first-order valence-electron chi connectivity index (χ1n) is 8.25. The lowest BCUT2D eigenvalue weighted by molar-refractivity contribution is -0.384. The molecule has 3 rings (SSSR count). The van der Waals surface area contributed by atoms with Crippen LogP contribution in [0.25, 0.3) is 5.57 Å². The highest BCUT2D eigenvalue weighted by molar-refractivity contribution is 5.90. The van der Waals surface area contributed by atoms with Crippen molar-refractivity contribution in [2.75, 3.05) is 6.61 Å². The minimum atomic E-state index is -0.430. The summed E-state index contributed by atoms with van der Waals surface area (Å²) < 4.78 is 5.87. The van der Waals surface area contributed by atoms with Crippen LogP contribution in [-0.4, -0.2) is 17.8 Å². The van der Waals surface area contributed by atoms with Crippen LogP contribution in [0.5, 0.6) is 5.75 Å². The molecule has 2 aromatic carbocycles. The Balaban J connectivity index is 2.26. The van der Waals surface area contributed by atoms with Crippen molar-refractivity contribution in [2.45, 2.75) is 0 Å². The molecule has 2 aromatic rings. The number of fused-ring (bicyclic) bond motifs is 1. The van der Waals surface area contributed by atoms with Gasteiger partial charge in [-0.2, -0.15) is 0 Å². The van der Waals surface area contributed by atoms with E-state index in [1.54, 1.807) is 36.4 Å². The van der Waals surface area contributed by atoms with E-state index in [2.05, 4.69) is 13.2 Å². The number of hydrogen-bond donors (Lipinski definition) is 0. The minimum absolute atomic E-state index is 0.0232. The van der Waals surface area contributed by atoms with Gasteiger partial charge in [0.15, 0.2) is 0 Å². The molecule has 0 saturated heterocycles. The summed E-state index contributed by atoms with van der Waals surface area (Å²) in [4.78, 5) is 21.6. The average Bonchev–Trinajstić information content (AvgIpc) is 2.70.